The number of ether oxygens (including phenoxy) is 5. The lowest BCUT2D eigenvalue weighted by molar-refractivity contribution is -0.339. The van der Waals surface area contributed by atoms with Crippen molar-refractivity contribution < 1.29 is 28.5 Å². The maximum absolute atomic E-state index is 11.5. The summed E-state index contributed by atoms with van der Waals surface area (Å²) in [4.78, 5) is 14.6. The second-order valence-electron chi connectivity index (χ2n) is 5.74. The third-order valence-corrected chi connectivity index (χ3v) is 4.11. The quantitative estimate of drug-likeness (QED) is 0.498. The normalized spacial score (nSPS) is 34.5. The van der Waals surface area contributed by atoms with Crippen molar-refractivity contribution in [2.45, 2.75) is 43.9 Å². The summed E-state index contributed by atoms with van der Waals surface area (Å²) in [5.74, 6) is -0.508. The molecule has 1 aromatic carbocycles. The van der Waals surface area contributed by atoms with E-state index < -0.39 is 42.9 Å². The van der Waals surface area contributed by atoms with Gasteiger partial charge < -0.3 is 23.7 Å². The molecule has 0 amide bonds. The Labute approximate surface area is 144 Å². The highest BCUT2D eigenvalue weighted by atomic mass is 16.8. The average molecular weight is 350 g/mol. The van der Waals surface area contributed by atoms with Crippen molar-refractivity contribution >= 4 is 5.97 Å². The van der Waals surface area contributed by atoms with Crippen LogP contribution in [-0.4, -0.2) is 50.3 Å². The molecule has 4 unspecified atom stereocenters. The van der Waals surface area contributed by atoms with Crippen molar-refractivity contribution in [2.75, 3.05) is 13.7 Å². The van der Waals surface area contributed by atoms with Gasteiger partial charge >= 0.3 is 5.97 Å². The van der Waals surface area contributed by atoms with Crippen molar-refractivity contribution in [2.24, 2.45) is 5.11 Å². The van der Waals surface area contributed by atoms with Gasteiger partial charge in [-0.2, -0.15) is 0 Å². The highest BCUT2D eigenvalue weighted by Gasteiger charge is 2.54. The Morgan fingerprint density at radius 2 is 2.08 bits per heavy atom. The van der Waals surface area contributed by atoms with Crippen LogP contribution in [0.1, 0.15) is 18.8 Å². The van der Waals surface area contributed by atoms with E-state index in [1.54, 1.807) is 0 Å². The molecule has 0 saturated carbocycles. The van der Waals surface area contributed by atoms with Gasteiger partial charge in [-0.25, -0.2) is 0 Å². The predicted molar refractivity (Wildman–Crippen MR) is 82.3 cm³/mol. The molecule has 0 aromatic heterocycles. The molecular formula is C16H20N3O6+. The fraction of sp³-hybridized carbons (Fsp3) is 0.562. The molecule has 2 aliphatic rings. The summed E-state index contributed by atoms with van der Waals surface area (Å²) in [5.41, 5.74) is 7.95. The van der Waals surface area contributed by atoms with Crippen LogP contribution < -0.4 is 4.91 Å². The van der Waals surface area contributed by atoms with Gasteiger partial charge in [-0.1, -0.05) is 30.3 Å². The monoisotopic (exact) mass is 350 g/mol. The molecule has 25 heavy (non-hydrogen) atoms. The summed E-state index contributed by atoms with van der Waals surface area (Å²) in [6.07, 6.45) is -3.39. The fourth-order valence-corrected chi connectivity index (χ4v) is 3.05. The third kappa shape index (κ3) is 3.76. The highest BCUT2D eigenvalue weighted by molar-refractivity contribution is 5.66. The van der Waals surface area contributed by atoms with Crippen LogP contribution in [0.3, 0.4) is 0 Å². The lowest BCUT2D eigenvalue weighted by Gasteiger charge is -2.45. The summed E-state index contributed by atoms with van der Waals surface area (Å²) in [5, 5.41) is 3.90. The molecule has 2 aliphatic heterocycles. The number of hydrogen-bond donors (Lipinski definition) is 1. The van der Waals surface area contributed by atoms with E-state index in [4.69, 9.17) is 29.2 Å². The van der Waals surface area contributed by atoms with Crippen LogP contribution >= 0.6 is 0 Å². The third-order valence-electron chi connectivity index (χ3n) is 4.11. The number of esters is 1. The maximum Gasteiger partial charge on any atom is 0.303 e. The molecule has 6 atom stereocenters. The average Bonchev–Trinajstić information content (AvgIpc) is 2.63. The predicted octanol–water partition coefficient (Wildman–Crippen LogP) is 1.32. The number of methoxy groups -OCH3 is 1. The van der Waals surface area contributed by atoms with Gasteiger partial charge in [0.05, 0.1) is 6.61 Å². The van der Waals surface area contributed by atoms with Gasteiger partial charge in [0.15, 0.2) is 18.7 Å². The summed E-state index contributed by atoms with van der Waals surface area (Å²) in [7, 11) is 1.44. The Kier molecular flexibility index (Phi) is 5.52. The van der Waals surface area contributed by atoms with E-state index in [0.29, 0.717) is 0 Å². The zero-order valence-electron chi connectivity index (χ0n) is 13.9. The Morgan fingerprint density at radius 3 is 2.72 bits per heavy atom. The van der Waals surface area contributed by atoms with E-state index in [1.165, 1.54) is 14.0 Å². The Bertz CT molecular complexity index is 651. The van der Waals surface area contributed by atoms with Crippen molar-refractivity contribution in [1.29, 1.82) is 5.53 Å². The largest absolute Gasteiger partial charge is 0.454 e. The lowest BCUT2D eigenvalue weighted by Crippen LogP contribution is -2.62. The van der Waals surface area contributed by atoms with Crippen LogP contribution in [0.2, 0.25) is 0 Å². The molecule has 3 rings (SSSR count). The van der Waals surface area contributed by atoms with Gasteiger partial charge in [-0.15, -0.1) is 0 Å². The number of rotatable bonds is 4. The topological polar surface area (TPSA) is 114 Å². The first kappa shape index (κ1) is 17.7. The van der Waals surface area contributed by atoms with Crippen LogP contribution in [0.25, 0.3) is 0 Å². The minimum atomic E-state index is -0.868. The molecule has 2 fully saturated rings. The van der Waals surface area contributed by atoms with Gasteiger partial charge in [0, 0.05) is 19.6 Å². The van der Waals surface area contributed by atoms with E-state index in [0.717, 1.165) is 5.56 Å². The Morgan fingerprint density at radius 1 is 1.32 bits per heavy atom. The second-order valence-corrected chi connectivity index (χ2v) is 5.74. The highest BCUT2D eigenvalue weighted by Crippen LogP contribution is 2.36. The molecule has 1 aromatic rings. The summed E-state index contributed by atoms with van der Waals surface area (Å²) in [6.45, 7) is 1.53. The number of fused-ring (bicyclic) bond motifs is 1. The molecule has 1 N–H and O–H groups in total. The molecule has 2 heterocycles. The van der Waals surface area contributed by atoms with E-state index >= 15 is 0 Å². The first-order valence-electron chi connectivity index (χ1n) is 7.88. The van der Waals surface area contributed by atoms with E-state index in [-0.39, 0.29) is 6.61 Å². The van der Waals surface area contributed by atoms with Crippen molar-refractivity contribution in [3.05, 3.63) is 35.9 Å². The molecular weight excluding hydrogens is 330 g/mol. The summed E-state index contributed by atoms with van der Waals surface area (Å²) < 4.78 is 28.1. The first-order chi connectivity index (χ1) is 12.1. The van der Waals surface area contributed by atoms with Gasteiger partial charge in [0.1, 0.15) is 22.9 Å². The summed E-state index contributed by atoms with van der Waals surface area (Å²) in [6, 6.07) is 8.70. The SMILES string of the molecule is COC1OC2COC(c3ccccc3)O[C@@H]2C(N=[N+]=N)[C@H]1OC(C)=O. The molecule has 0 aliphatic carbocycles. The number of carbonyl (C=O) groups is 1. The fourth-order valence-electron chi connectivity index (χ4n) is 3.05. The summed E-state index contributed by atoms with van der Waals surface area (Å²) >= 11 is 0. The smallest absolute Gasteiger partial charge is 0.303 e. The second kappa shape index (κ2) is 7.81. The van der Waals surface area contributed by atoms with Gasteiger partial charge in [0.25, 0.3) is 0 Å². The number of hydrogen-bond acceptors (Lipinski definition) is 8. The number of benzene rings is 1. The lowest BCUT2D eigenvalue weighted by atomic mass is 9.95. The molecule has 9 nitrogen and oxygen atoms in total. The zero-order chi connectivity index (χ0) is 17.8. The van der Waals surface area contributed by atoms with Crippen molar-refractivity contribution in [3.63, 3.8) is 0 Å². The van der Waals surface area contributed by atoms with Gasteiger partial charge in [0.2, 0.25) is 11.0 Å². The maximum atomic E-state index is 11.5. The minimum absolute atomic E-state index is 0.251. The zero-order valence-corrected chi connectivity index (χ0v) is 13.9. The van der Waals surface area contributed by atoms with Crippen LogP contribution in [-0.2, 0) is 28.5 Å². The molecule has 9 heteroatoms. The van der Waals surface area contributed by atoms with Gasteiger partial charge in [-0.3, -0.25) is 4.79 Å². The van der Waals surface area contributed by atoms with E-state index in [9.17, 15) is 4.79 Å². The standard InChI is InChI=1S/C16H20N3O6/c1-9(20)23-14-12(18-19-17)13-11(24-16(14)21-2)8-22-15(25-13)10-6-4-3-5-7-10/h3-7,11-17H,8H2,1-2H3/q+1/t11?,12?,13-,14+,15?,16?/m0/s1. The van der Waals surface area contributed by atoms with Crippen LogP contribution in [0, 0.1) is 5.53 Å². The number of carbonyl (C=O) groups excluding carboxylic acids is 1. The molecule has 0 radical (unpaired) electrons. The number of nitrogens with zero attached hydrogens (tertiary/aromatic N) is 2. The van der Waals surface area contributed by atoms with Crippen molar-refractivity contribution in [3.8, 4) is 0 Å². The van der Waals surface area contributed by atoms with Crippen LogP contribution in [0.5, 0.6) is 0 Å². The van der Waals surface area contributed by atoms with Crippen LogP contribution in [0.4, 0.5) is 0 Å². The number of nitrogens with one attached hydrogen (secondary N) is 1. The van der Waals surface area contributed by atoms with E-state index in [1.807, 2.05) is 30.3 Å². The molecule has 0 bridgehead atoms. The Hall–Kier alpha value is -2.16. The van der Waals surface area contributed by atoms with Gasteiger partial charge in [-0.05, 0) is 0 Å². The van der Waals surface area contributed by atoms with Crippen molar-refractivity contribution in [1.82, 2.24) is 4.91 Å². The van der Waals surface area contributed by atoms with E-state index in [2.05, 4.69) is 10.0 Å². The Balaban J connectivity index is 1.86. The van der Waals surface area contributed by atoms with Crippen LogP contribution in [0.15, 0.2) is 35.4 Å². The molecule has 2 saturated heterocycles. The molecule has 134 valence electrons. The minimum Gasteiger partial charge on any atom is -0.454 e. The first-order valence-corrected chi connectivity index (χ1v) is 7.88. The molecule has 0 spiro atoms.